The maximum Gasteiger partial charge on any atom is 0.0596 e. The van der Waals surface area contributed by atoms with Crippen LogP contribution in [-0.4, -0.2) is 11.2 Å². The number of hydrogen-bond acceptors (Lipinski definition) is 2. The van der Waals surface area contributed by atoms with Crippen LogP contribution in [0.4, 0.5) is 0 Å². The smallest absolute Gasteiger partial charge is 0.0596 e. The minimum Gasteiger partial charge on any atom is -0.393 e. The second-order valence-corrected chi connectivity index (χ2v) is 10.3. The fourth-order valence-electron chi connectivity index (χ4n) is 7.48. The van der Waals surface area contributed by atoms with Crippen molar-refractivity contribution in [1.82, 2.24) is 0 Å². The Kier molecular flexibility index (Phi) is 3.15. The van der Waals surface area contributed by atoms with Crippen LogP contribution < -0.4 is 0 Å². The van der Waals surface area contributed by atoms with Crippen LogP contribution in [0.1, 0.15) is 63.5 Å². The minimum atomic E-state index is -0.0335. The normalized spacial score (nSPS) is 51.5. The van der Waals surface area contributed by atoms with Crippen LogP contribution >= 0.6 is 11.3 Å². The first-order chi connectivity index (χ1) is 11.0. The van der Waals surface area contributed by atoms with Gasteiger partial charge in [-0.15, -0.1) is 0 Å². The zero-order valence-corrected chi connectivity index (χ0v) is 15.4. The van der Waals surface area contributed by atoms with Crippen LogP contribution in [-0.2, 0) is 12.8 Å². The van der Waals surface area contributed by atoms with Gasteiger partial charge in [0, 0.05) is 0 Å². The number of hydrogen-bond donors (Lipinski definition) is 1. The summed E-state index contributed by atoms with van der Waals surface area (Å²) in [6.45, 7) is 5.03. The Morgan fingerprint density at radius 2 is 1.74 bits per heavy atom. The molecule has 1 N–H and O–H groups in total. The molecule has 4 aliphatic rings. The summed E-state index contributed by atoms with van der Waals surface area (Å²) >= 11 is 1.91. The predicted molar refractivity (Wildman–Crippen MR) is 95.6 cm³/mol. The molecule has 1 aromatic heterocycles. The van der Waals surface area contributed by atoms with Gasteiger partial charge in [0.2, 0.25) is 0 Å². The first-order valence-electron chi connectivity index (χ1n) is 9.74. The van der Waals surface area contributed by atoms with Gasteiger partial charge in [0.25, 0.3) is 0 Å². The molecular weight excluding hydrogens is 300 g/mol. The summed E-state index contributed by atoms with van der Waals surface area (Å²) < 4.78 is 0. The third kappa shape index (κ3) is 1.88. The molecule has 7 unspecified atom stereocenters. The molecule has 0 saturated heterocycles. The number of rotatable bonds is 0. The van der Waals surface area contributed by atoms with Gasteiger partial charge >= 0.3 is 0 Å². The summed E-state index contributed by atoms with van der Waals surface area (Å²) in [7, 11) is 0. The zero-order chi connectivity index (χ0) is 15.8. The lowest BCUT2D eigenvalue weighted by molar-refractivity contribution is -0.110. The lowest BCUT2D eigenvalue weighted by Crippen LogP contribution is -2.54. The second-order valence-electron chi connectivity index (χ2n) is 9.60. The van der Waals surface area contributed by atoms with E-state index >= 15 is 0 Å². The molecule has 0 aliphatic heterocycles. The van der Waals surface area contributed by atoms with Crippen molar-refractivity contribution in [3.05, 3.63) is 21.9 Å². The average Bonchev–Trinajstić information content (AvgIpc) is 3.08. The van der Waals surface area contributed by atoms with Gasteiger partial charge in [-0.25, -0.2) is 0 Å². The third-order valence-electron chi connectivity index (χ3n) is 8.89. The van der Waals surface area contributed by atoms with Crippen molar-refractivity contribution < 1.29 is 5.11 Å². The molecule has 126 valence electrons. The summed E-state index contributed by atoms with van der Waals surface area (Å²) in [6.07, 6.45) is 10.4. The molecule has 1 nitrogen and oxygen atoms in total. The Hall–Kier alpha value is -0.340. The monoisotopic (exact) mass is 330 g/mol. The van der Waals surface area contributed by atoms with E-state index in [1.54, 1.807) is 11.1 Å². The largest absolute Gasteiger partial charge is 0.393 e. The molecule has 3 fully saturated rings. The van der Waals surface area contributed by atoms with Gasteiger partial charge in [-0.2, -0.15) is 11.3 Å². The van der Waals surface area contributed by atoms with Gasteiger partial charge < -0.3 is 5.11 Å². The van der Waals surface area contributed by atoms with Gasteiger partial charge in [0.15, 0.2) is 0 Å². The van der Waals surface area contributed by atoms with Gasteiger partial charge in [-0.05, 0) is 108 Å². The summed E-state index contributed by atoms with van der Waals surface area (Å²) in [6, 6.07) is 0. The molecule has 0 bridgehead atoms. The molecule has 5 rings (SSSR count). The van der Waals surface area contributed by atoms with E-state index in [4.69, 9.17) is 0 Å². The Labute approximate surface area is 144 Å². The fraction of sp³-hybridized carbons (Fsp3) is 0.810. The molecule has 23 heavy (non-hydrogen) atoms. The van der Waals surface area contributed by atoms with Crippen molar-refractivity contribution in [2.24, 2.45) is 34.5 Å². The second kappa shape index (κ2) is 4.85. The standard InChI is InChI=1S/C21H30OS/c1-20-8-7-18-16(17(20)5-6-19(20)22)4-3-15-9-13-11-23-12-14(13)10-21(15,18)2/h11-12,15-19,22H,3-10H2,1-2H3. The highest BCUT2D eigenvalue weighted by atomic mass is 32.1. The van der Waals surface area contributed by atoms with E-state index in [9.17, 15) is 5.11 Å². The van der Waals surface area contributed by atoms with Gasteiger partial charge in [0.1, 0.15) is 0 Å². The maximum absolute atomic E-state index is 10.6. The van der Waals surface area contributed by atoms with Crippen LogP contribution in [0.15, 0.2) is 10.8 Å². The average molecular weight is 331 g/mol. The van der Waals surface area contributed by atoms with E-state index in [1.165, 1.54) is 44.9 Å². The van der Waals surface area contributed by atoms with Crippen molar-refractivity contribution in [2.45, 2.75) is 71.3 Å². The van der Waals surface area contributed by atoms with E-state index in [2.05, 4.69) is 24.6 Å². The lowest BCUT2D eigenvalue weighted by Gasteiger charge is -2.60. The van der Waals surface area contributed by atoms with Crippen molar-refractivity contribution >= 4 is 11.3 Å². The highest BCUT2D eigenvalue weighted by Gasteiger charge is 2.59. The van der Waals surface area contributed by atoms with E-state index in [1.807, 2.05) is 11.3 Å². The van der Waals surface area contributed by atoms with Crippen molar-refractivity contribution in [3.8, 4) is 0 Å². The Balaban J connectivity index is 1.50. The molecular formula is C21H30OS. The van der Waals surface area contributed by atoms with Crippen LogP contribution in [0, 0.1) is 34.5 Å². The third-order valence-corrected chi connectivity index (χ3v) is 9.73. The SMILES string of the molecule is CC12CCC3C(CCC4Cc5cscc5CC43C)C1CCC2O. The van der Waals surface area contributed by atoms with Gasteiger partial charge in [0.05, 0.1) is 6.10 Å². The highest BCUT2D eigenvalue weighted by Crippen LogP contribution is 2.65. The van der Waals surface area contributed by atoms with E-state index in [-0.39, 0.29) is 11.5 Å². The van der Waals surface area contributed by atoms with Crippen molar-refractivity contribution in [2.75, 3.05) is 0 Å². The Bertz CT molecular complexity index is 621. The number of thiophene rings is 1. The molecule has 0 aromatic carbocycles. The molecule has 4 aliphatic carbocycles. The van der Waals surface area contributed by atoms with E-state index in [0.29, 0.717) is 5.41 Å². The van der Waals surface area contributed by atoms with Crippen LogP contribution in [0.25, 0.3) is 0 Å². The molecule has 3 saturated carbocycles. The molecule has 0 spiro atoms. The highest BCUT2D eigenvalue weighted by molar-refractivity contribution is 7.08. The summed E-state index contributed by atoms with van der Waals surface area (Å²) in [4.78, 5) is 0. The lowest BCUT2D eigenvalue weighted by atomic mass is 9.45. The first kappa shape index (κ1) is 15.0. The van der Waals surface area contributed by atoms with Crippen LogP contribution in [0.3, 0.4) is 0 Å². The number of aliphatic hydroxyl groups is 1. The first-order valence-corrected chi connectivity index (χ1v) is 10.7. The van der Waals surface area contributed by atoms with E-state index < -0.39 is 0 Å². The van der Waals surface area contributed by atoms with Crippen molar-refractivity contribution in [3.63, 3.8) is 0 Å². The molecule has 0 amide bonds. The molecule has 1 heterocycles. The van der Waals surface area contributed by atoms with Crippen LogP contribution in [0.5, 0.6) is 0 Å². The fourth-order valence-corrected chi connectivity index (χ4v) is 8.36. The topological polar surface area (TPSA) is 20.2 Å². The Morgan fingerprint density at radius 3 is 2.61 bits per heavy atom. The predicted octanol–water partition coefficient (Wildman–Crippen LogP) is 5.07. The van der Waals surface area contributed by atoms with Crippen LogP contribution in [0.2, 0.25) is 0 Å². The molecule has 2 heteroatoms. The van der Waals surface area contributed by atoms with Gasteiger partial charge in [-0.1, -0.05) is 13.8 Å². The van der Waals surface area contributed by atoms with Crippen molar-refractivity contribution in [1.29, 1.82) is 0 Å². The maximum atomic E-state index is 10.6. The Morgan fingerprint density at radius 1 is 0.957 bits per heavy atom. The summed E-state index contributed by atoms with van der Waals surface area (Å²) in [5, 5.41) is 15.4. The summed E-state index contributed by atoms with van der Waals surface area (Å²) in [5.74, 6) is 3.48. The number of aliphatic hydroxyl groups excluding tert-OH is 1. The minimum absolute atomic E-state index is 0.0335. The number of fused-ring (bicyclic) bond motifs is 6. The molecule has 1 aromatic rings. The van der Waals surface area contributed by atoms with Gasteiger partial charge in [-0.3, -0.25) is 0 Å². The molecule has 7 atom stereocenters. The zero-order valence-electron chi connectivity index (χ0n) is 14.6. The van der Waals surface area contributed by atoms with E-state index in [0.717, 1.165) is 30.1 Å². The molecule has 0 radical (unpaired) electrons. The summed E-state index contributed by atoms with van der Waals surface area (Å²) in [5.41, 5.74) is 4.07. The quantitative estimate of drug-likeness (QED) is 0.704.